The first kappa shape index (κ1) is 16.4. The lowest BCUT2D eigenvalue weighted by Crippen LogP contribution is -2.26. The second-order valence-electron chi connectivity index (χ2n) is 5.64. The maximum absolute atomic E-state index is 12.4. The molecule has 0 bridgehead atoms. The van der Waals surface area contributed by atoms with E-state index in [9.17, 15) is 4.79 Å². The molecule has 0 fully saturated rings. The molecular formula is C18H20N4OS. The van der Waals surface area contributed by atoms with Gasteiger partial charge >= 0.3 is 0 Å². The molecule has 0 unspecified atom stereocenters. The Morgan fingerprint density at radius 1 is 1.33 bits per heavy atom. The zero-order chi connectivity index (χ0) is 16.9. The van der Waals surface area contributed by atoms with E-state index in [4.69, 9.17) is 0 Å². The average Bonchev–Trinajstić information content (AvgIpc) is 3.24. The van der Waals surface area contributed by atoms with Gasteiger partial charge in [-0.05, 0) is 43.3 Å². The topological polar surface area (TPSA) is 51.0 Å². The smallest absolute Gasteiger partial charge is 0.226 e. The number of rotatable bonds is 6. The van der Waals surface area contributed by atoms with E-state index in [1.54, 1.807) is 33.3 Å². The van der Waals surface area contributed by atoms with Gasteiger partial charge in [0.15, 0.2) is 0 Å². The van der Waals surface area contributed by atoms with Crippen LogP contribution in [-0.2, 0) is 11.2 Å². The molecule has 124 valence electrons. The predicted molar refractivity (Wildman–Crippen MR) is 96.8 cm³/mol. The van der Waals surface area contributed by atoms with Gasteiger partial charge in [-0.2, -0.15) is 5.10 Å². The molecule has 0 aliphatic heterocycles. The third-order valence-electron chi connectivity index (χ3n) is 3.91. The minimum Gasteiger partial charge on any atom is -0.312 e. The molecule has 1 amide bonds. The van der Waals surface area contributed by atoms with Crippen molar-refractivity contribution in [3.63, 3.8) is 0 Å². The van der Waals surface area contributed by atoms with Crippen LogP contribution in [0.4, 0.5) is 5.69 Å². The van der Waals surface area contributed by atoms with Crippen LogP contribution in [0.25, 0.3) is 5.69 Å². The first-order valence-corrected chi connectivity index (χ1v) is 8.78. The number of hydrogen-bond acceptors (Lipinski definition) is 4. The van der Waals surface area contributed by atoms with Gasteiger partial charge in [-0.3, -0.25) is 9.78 Å². The summed E-state index contributed by atoms with van der Waals surface area (Å²) in [5.74, 6) is 0.111. The lowest BCUT2D eigenvalue weighted by Gasteiger charge is -2.15. The zero-order valence-electron chi connectivity index (χ0n) is 13.8. The Kier molecular flexibility index (Phi) is 5.05. The standard InChI is InChI=1S/C18H20N4OS/c1-14-17(13-22(20-14)15-6-4-10-19-12-15)21(2)18(23)9-3-7-16-8-5-11-24-16/h4-6,8,10-13H,3,7,9H2,1-2H3. The van der Waals surface area contributed by atoms with Crippen LogP contribution in [0.2, 0.25) is 0 Å². The second kappa shape index (κ2) is 7.40. The Morgan fingerprint density at radius 2 is 2.21 bits per heavy atom. The van der Waals surface area contributed by atoms with Gasteiger partial charge in [-0.25, -0.2) is 4.68 Å². The van der Waals surface area contributed by atoms with Crippen LogP contribution in [0.3, 0.4) is 0 Å². The van der Waals surface area contributed by atoms with Gasteiger partial charge < -0.3 is 4.90 Å². The Bertz CT molecular complexity index is 796. The van der Waals surface area contributed by atoms with Crippen LogP contribution >= 0.6 is 11.3 Å². The zero-order valence-corrected chi connectivity index (χ0v) is 14.7. The molecule has 0 saturated carbocycles. The van der Waals surface area contributed by atoms with Crippen molar-refractivity contribution < 1.29 is 4.79 Å². The Balaban J connectivity index is 1.64. The number of aryl methyl sites for hydroxylation is 2. The minimum absolute atomic E-state index is 0.111. The van der Waals surface area contributed by atoms with Gasteiger partial charge in [0, 0.05) is 24.5 Å². The summed E-state index contributed by atoms with van der Waals surface area (Å²) < 4.78 is 1.76. The minimum atomic E-state index is 0.111. The summed E-state index contributed by atoms with van der Waals surface area (Å²) in [6, 6.07) is 7.96. The summed E-state index contributed by atoms with van der Waals surface area (Å²) in [5.41, 5.74) is 2.54. The number of amides is 1. The highest BCUT2D eigenvalue weighted by Gasteiger charge is 2.16. The molecule has 0 N–H and O–H groups in total. The SMILES string of the molecule is Cc1nn(-c2cccnc2)cc1N(C)C(=O)CCCc1cccs1. The van der Waals surface area contributed by atoms with E-state index in [2.05, 4.69) is 21.5 Å². The number of carbonyl (C=O) groups excluding carboxylic acids is 1. The van der Waals surface area contributed by atoms with Crippen molar-refractivity contribution in [3.05, 3.63) is 58.8 Å². The third kappa shape index (κ3) is 3.71. The first-order chi connectivity index (χ1) is 11.6. The van der Waals surface area contributed by atoms with Gasteiger partial charge in [0.2, 0.25) is 5.91 Å². The highest BCUT2D eigenvalue weighted by molar-refractivity contribution is 7.09. The molecule has 0 atom stereocenters. The van der Waals surface area contributed by atoms with Crippen molar-refractivity contribution in [2.45, 2.75) is 26.2 Å². The molecule has 3 aromatic heterocycles. The molecule has 0 saturated heterocycles. The summed E-state index contributed by atoms with van der Waals surface area (Å²) in [6.07, 6.45) is 7.70. The number of pyridine rings is 1. The molecule has 0 spiro atoms. The van der Waals surface area contributed by atoms with Gasteiger partial charge in [0.05, 0.1) is 29.5 Å². The van der Waals surface area contributed by atoms with Crippen LogP contribution in [0.15, 0.2) is 48.2 Å². The molecule has 0 radical (unpaired) electrons. The predicted octanol–water partition coefficient (Wildman–Crippen LogP) is 3.62. The van der Waals surface area contributed by atoms with E-state index in [1.165, 1.54) is 4.88 Å². The van der Waals surface area contributed by atoms with E-state index in [1.807, 2.05) is 38.4 Å². The summed E-state index contributed by atoms with van der Waals surface area (Å²) in [5, 5.41) is 6.56. The van der Waals surface area contributed by atoms with Crippen molar-refractivity contribution in [3.8, 4) is 5.69 Å². The fourth-order valence-corrected chi connectivity index (χ4v) is 3.32. The fourth-order valence-electron chi connectivity index (χ4n) is 2.57. The number of thiophene rings is 1. The van der Waals surface area contributed by atoms with Crippen molar-refractivity contribution in [1.82, 2.24) is 14.8 Å². The molecular weight excluding hydrogens is 320 g/mol. The monoisotopic (exact) mass is 340 g/mol. The Morgan fingerprint density at radius 3 is 2.92 bits per heavy atom. The second-order valence-corrected chi connectivity index (χ2v) is 6.67. The lowest BCUT2D eigenvalue weighted by molar-refractivity contribution is -0.118. The molecule has 0 aromatic carbocycles. The normalized spacial score (nSPS) is 10.8. The van der Waals surface area contributed by atoms with E-state index in [0.29, 0.717) is 6.42 Å². The van der Waals surface area contributed by atoms with Crippen LogP contribution in [-0.4, -0.2) is 27.7 Å². The Hall–Kier alpha value is -2.47. The molecule has 0 aliphatic carbocycles. The van der Waals surface area contributed by atoms with Crippen molar-refractivity contribution in [2.24, 2.45) is 0 Å². The van der Waals surface area contributed by atoms with Crippen LogP contribution < -0.4 is 4.90 Å². The largest absolute Gasteiger partial charge is 0.312 e. The van der Waals surface area contributed by atoms with Crippen LogP contribution in [0.1, 0.15) is 23.4 Å². The number of nitrogens with zero attached hydrogens (tertiary/aromatic N) is 4. The molecule has 3 heterocycles. The maximum atomic E-state index is 12.4. The number of aromatic nitrogens is 3. The van der Waals surface area contributed by atoms with E-state index in [0.717, 1.165) is 29.9 Å². The summed E-state index contributed by atoms with van der Waals surface area (Å²) >= 11 is 1.74. The van der Waals surface area contributed by atoms with Crippen LogP contribution in [0.5, 0.6) is 0 Å². The molecule has 0 aliphatic rings. The van der Waals surface area contributed by atoms with Gasteiger partial charge in [0.1, 0.15) is 0 Å². The summed E-state index contributed by atoms with van der Waals surface area (Å²) in [6.45, 7) is 1.91. The third-order valence-corrected chi connectivity index (χ3v) is 4.85. The maximum Gasteiger partial charge on any atom is 0.226 e. The van der Waals surface area contributed by atoms with E-state index in [-0.39, 0.29) is 5.91 Å². The number of anilines is 1. The van der Waals surface area contributed by atoms with Gasteiger partial charge in [-0.1, -0.05) is 6.07 Å². The van der Waals surface area contributed by atoms with Gasteiger partial charge in [-0.15, -0.1) is 11.3 Å². The van der Waals surface area contributed by atoms with E-state index >= 15 is 0 Å². The summed E-state index contributed by atoms with van der Waals surface area (Å²) in [7, 11) is 1.81. The van der Waals surface area contributed by atoms with Crippen molar-refractivity contribution >= 4 is 22.9 Å². The summed E-state index contributed by atoms with van der Waals surface area (Å²) in [4.78, 5) is 19.6. The average molecular weight is 340 g/mol. The van der Waals surface area contributed by atoms with E-state index < -0.39 is 0 Å². The highest BCUT2D eigenvalue weighted by Crippen LogP contribution is 2.21. The number of hydrogen-bond donors (Lipinski definition) is 0. The lowest BCUT2D eigenvalue weighted by atomic mass is 10.2. The quantitative estimate of drug-likeness (QED) is 0.688. The Labute approximate surface area is 145 Å². The fraction of sp³-hybridized carbons (Fsp3) is 0.278. The molecule has 3 aromatic rings. The van der Waals surface area contributed by atoms with Crippen molar-refractivity contribution in [1.29, 1.82) is 0 Å². The molecule has 6 heteroatoms. The highest BCUT2D eigenvalue weighted by atomic mass is 32.1. The first-order valence-electron chi connectivity index (χ1n) is 7.91. The molecule has 3 rings (SSSR count). The number of carbonyl (C=O) groups is 1. The molecule has 5 nitrogen and oxygen atoms in total. The molecule has 24 heavy (non-hydrogen) atoms. The van der Waals surface area contributed by atoms with Crippen molar-refractivity contribution in [2.75, 3.05) is 11.9 Å². The van der Waals surface area contributed by atoms with Crippen LogP contribution in [0, 0.1) is 6.92 Å². The van der Waals surface area contributed by atoms with Gasteiger partial charge in [0.25, 0.3) is 0 Å².